The number of rotatable bonds is 4. The lowest BCUT2D eigenvalue weighted by Gasteiger charge is -2.11. The monoisotopic (exact) mass is 363 g/mol. The molecule has 0 unspecified atom stereocenters. The standard InChI is InChI=1S/C11H14ClN5O3S2/c1-2-15-11(21)17-22(19,20)8-5-6(3-4-7(8)12)9(18)16-10(13)14/h3-5H,2H2,1H3,(H2,15,17,21)(H4,13,14,16,18). The van der Waals surface area contributed by atoms with Gasteiger partial charge in [-0.15, -0.1) is 0 Å². The van der Waals surface area contributed by atoms with Gasteiger partial charge < -0.3 is 16.8 Å². The van der Waals surface area contributed by atoms with Gasteiger partial charge >= 0.3 is 0 Å². The number of nitrogens with one attached hydrogen (secondary N) is 2. The second-order valence-corrected chi connectivity index (χ2v) is 6.42. The maximum atomic E-state index is 12.2. The number of guanidine groups is 1. The van der Waals surface area contributed by atoms with E-state index in [9.17, 15) is 13.2 Å². The second kappa shape index (κ2) is 7.38. The predicted octanol–water partition coefficient (Wildman–Crippen LogP) is -0.0737. The smallest absolute Gasteiger partial charge is 0.280 e. The zero-order chi connectivity index (χ0) is 16.9. The Labute approximate surface area is 138 Å². The molecule has 1 aromatic carbocycles. The Morgan fingerprint density at radius 2 is 2.05 bits per heavy atom. The van der Waals surface area contributed by atoms with Crippen LogP contribution < -0.4 is 21.5 Å². The Kier molecular flexibility index (Phi) is 6.09. The Morgan fingerprint density at radius 1 is 1.41 bits per heavy atom. The summed E-state index contributed by atoms with van der Waals surface area (Å²) in [6, 6.07) is 3.62. The van der Waals surface area contributed by atoms with Crippen LogP contribution >= 0.6 is 23.8 Å². The molecule has 1 aromatic rings. The third-order valence-corrected chi connectivity index (χ3v) is 4.47. The first-order valence-corrected chi connectivity index (χ1v) is 8.18. The number of thiocarbonyl (C=S) groups is 1. The van der Waals surface area contributed by atoms with E-state index in [-0.39, 0.29) is 20.6 Å². The SMILES string of the molecule is CCNC(=S)NS(=O)(=O)c1cc(C(=O)N=C(N)N)ccc1Cl. The van der Waals surface area contributed by atoms with E-state index in [0.717, 1.165) is 6.07 Å². The molecule has 0 bridgehead atoms. The molecule has 0 radical (unpaired) electrons. The van der Waals surface area contributed by atoms with Crippen LogP contribution in [0, 0.1) is 0 Å². The summed E-state index contributed by atoms with van der Waals surface area (Å²) in [5.41, 5.74) is 10.2. The highest BCUT2D eigenvalue weighted by atomic mass is 35.5. The number of carbonyl (C=O) groups excluding carboxylic acids is 1. The summed E-state index contributed by atoms with van der Waals surface area (Å²) in [6.07, 6.45) is 0. The average Bonchev–Trinajstić information content (AvgIpc) is 2.37. The number of nitrogens with two attached hydrogens (primary N) is 2. The molecule has 6 N–H and O–H groups in total. The zero-order valence-electron chi connectivity index (χ0n) is 11.5. The van der Waals surface area contributed by atoms with Crippen LogP contribution in [0.3, 0.4) is 0 Å². The van der Waals surface area contributed by atoms with E-state index < -0.39 is 21.9 Å². The van der Waals surface area contributed by atoms with Crippen LogP contribution in [0.2, 0.25) is 5.02 Å². The van der Waals surface area contributed by atoms with Gasteiger partial charge in [0.15, 0.2) is 11.1 Å². The van der Waals surface area contributed by atoms with Gasteiger partial charge in [-0.3, -0.25) is 9.52 Å². The van der Waals surface area contributed by atoms with Crippen molar-refractivity contribution in [3.8, 4) is 0 Å². The molecular formula is C11H14ClN5O3S2. The summed E-state index contributed by atoms with van der Waals surface area (Å²) in [4.78, 5) is 14.7. The van der Waals surface area contributed by atoms with Crippen LogP contribution in [-0.2, 0) is 10.0 Å². The lowest BCUT2D eigenvalue weighted by molar-refractivity contribution is 0.100. The van der Waals surface area contributed by atoms with Gasteiger partial charge in [-0.1, -0.05) is 11.6 Å². The van der Waals surface area contributed by atoms with E-state index in [1.807, 2.05) is 0 Å². The molecule has 1 amide bonds. The van der Waals surface area contributed by atoms with Crippen LogP contribution in [-0.4, -0.2) is 31.9 Å². The summed E-state index contributed by atoms with van der Waals surface area (Å²) < 4.78 is 26.6. The molecule has 8 nitrogen and oxygen atoms in total. The van der Waals surface area contributed by atoms with Crippen LogP contribution in [0.1, 0.15) is 17.3 Å². The molecule has 0 spiro atoms. The van der Waals surface area contributed by atoms with Gasteiger partial charge in [0.1, 0.15) is 4.90 Å². The Hall–Kier alpha value is -1.91. The highest BCUT2D eigenvalue weighted by Crippen LogP contribution is 2.23. The van der Waals surface area contributed by atoms with E-state index in [1.54, 1.807) is 6.92 Å². The van der Waals surface area contributed by atoms with Crippen LogP contribution in [0.15, 0.2) is 28.1 Å². The van der Waals surface area contributed by atoms with Crippen LogP contribution in [0.5, 0.6) is 0 Å². The first-order chi connectivity index (χ1) is 10.2. The minimum absolute atomic E-state index is 0.0347. The zero-order valence-corrected chi connectivity index (χ0v) is 13.8. The van der Waals surface area contributed by atoms with Crippen molar-refractivity contribution in [3.63, 3.8) is 0 Å². The van der Waals surface area contributed by atoms with Crippen molar-refractivity contribution in [3.05, 3.63) is 28.8 Å². The molecule has 0 fully saturated rings. The van der Waals surface area contributed by atoms with Gasteiger partial charge in [-0.25, -0.2) is 8.42 Å². The Morgan fingerprint density at radius 3 is 2.59 bits per heavy atom. The third kappa shape index (κ3) is 4.83. The lowest BCUT2D eigenvalue weighted by atomic mass is 10.2. The summed E-state index contributed by atoms with van der Waals surface area (Å²) in [6.45, 7) is 2.19. The van der Waals surface area contributed by atoms with Crippen molar-refractivity contribution in [2.75, 3.05) is 6.54 Å². The highest BCUT2D eigenvalue weighted by molar-refractivity contribution is 7.92. The van der Waals surface area contributed by atoms with E-state index in [4.69, 9.17) is 35.3 Å². The maximum Gasteiger partial charge on any atom is 0.280 e. The van der Waals surface area contributed by atoms with E-state index in [2.05, 4.69) is 15.0 Å². The van der Waals surface area contributed by atoms with Crippen molar-refractivity contribution in [1.29, 1.82) is 0 Å². The molecule has 0 aliphatic rings. The largest absolute Gasteiger partial charge is 0.370 e. The number of hydrogen-bond donors (Lipinski definition) is 4. The van der Waals surface area contributed by atoms with Gasteiger partial charge in [0.05, 0.1) is 5.02 Å². The number of hydrogen-bond acceptors (Lipinski definition) is 4. The van der Waals surface area contributed by atoms with E-state index in [1.165, 1.54) is 12.1 Å². The molecule has 0 aromatic heterocycles. The molecule has 0 atom stereocenters. The fraction of sp³-hybridized carbons (Fsp3) is 0.182. The number of nitrogens with zero attached hydrogens (tertiary/aromatic N) is 1. The van der Waals surface area contributed by atoms with E-state index in [0.29, 0.717) is 6.54 Å². The van der Waals surface area contributed by atoms with Crippen molar-refractivity contribution in [1.82, 2.24) is 10.0 Å². The molecule has 22 heavy (non-hydrogen) atoms. The number of benzene rings is 1. The van der Waals surface area contributed by atoms with Gasteiger partial charge in [0.2, 0.25) is 0 Å². The summed E-state index contributed by atoms with van der Waals surface area (Å²) in [7, 11) is -4.05. The molecule has 0 aliphatic carbocycles. The molecule has 0 saturated heterocycles. The topological polar surface area (TPSA) is 140 Å². The molecule has 0 heterocycles. The number of halogens is 1. The fourth-order valence-electron chi connectivity index (χ4n) is 1.40. The van der Waals surface area contributed by atoms with Gasteiger partial charge in [0, 0.05) is 12.1 Å². The van der Waals surface area contributed by atoms with Gasteiger partial charge in [-0.2, -0.15) is 4.99 Å². The minimum Gasteiger partial charge on any atom is -0.370 e. The van der Waals surface area contributed by atoms with E-state index >= 15 is 0 Å². The number of sulfonamides is 1. The van der Waals surface area contributed by atoms with Crippen LogP contribution in [0.4, 0.5) is 0 Å². The normalized spacial score (nSPS) is 10.6. The second-order valence-electron chi connectivity index (χ2n) is 3.95. The van der Waals surface area contributed by atoms with Gasteiger partial charge in [0.25, 0.3) is 15.9 Å². The third-order valence-electron chi connectivity index (χ3n) is 2.26. The van der Waals surface area contributed by atoms with Crippen molar-refractivity contribution in [2.45, 2.75) is 11.8 Å². The minimum atomic E-state index is -4.05. The van der Waals surface area contributed by atoms with Crippen molar-refractivity contribution in [2.24, 2.45) is 16.5 Å². The average molecular weight is 364 g/mol. The van der Waals surface area contributed by atoms with Crippen molar-refractivity contribution >= 4 is 50.8 Å². The molecule has 0 aliphatic heterocycles. The first kappa shape index (κ1) is 18.1. The maximum absolute atomic E-state index is 12.2. The molecule has 0 saturated carbocycles. The fourth-order valence-corrected chi connectivity index (χ4v) is 3.33. The number of amides is 1. The lowest BCUT2D eigenvalue weighted by Crippen LogP contribution is -2.39. The quantitative estimate of drug-likeness (QED) is 0.333. The molecule has 120 valence electrons. The molecule has 11 heteroatoms. The molecule has 1 rings (SSSR count). The number of aliphatic imine (C=N–C) groups is 1. The first-order valence-electron chi connectivity index (χ1n) is 5.91. The predicted molar refractivity (Wildman–Crippen MR) is 88.2 cm³/mol. The molecular weight excluding hydrogens is 350 g/mol. The Bertz CT molecular complexity index is 729. The summed E-state index contributed by atoms with van der Waals surface area (Å²) >= 11 is 10.7. The van der Waals surface area contributed by atoms with Gasteiger partial charge in [-0.05, 0) is 37.3 Å². The van der Waals surface area contributed by atoms with Crippen molar-refractivity contribution < 1.29 is 13.2 Å². The summed E-state index contributed by atoms with van der Waals surface area (Å²) in [5, 5.41) is 2.47. The highest BCUT2D eigenvalue weighted by Gasteiger charge is 2.21. The number of carbonyl (C=O) groups is 1. The Balaban J connectivity index is 3.22. The summed E-state index contributed by atoms with van der Waals surface area (Å²) in [5.74, 6) is -1.22. The van der Waals surface area contributed by atoms with Crippen LogP contribution in [0.25, 0.3) is 0 Å².